The third-order valence-electron chi connectivity index (χ3n) is 4.82. The Kier molecular flexibility index (Phi) is 5.54. The normalized spacial score (nSPS) is 17.1. The van der Waals surface area contributed by atoms with Gasteiger partial charge in [0.15, 0.2) is 0 Å². The van der Waals surface area contributed by atoms with Crippen LogP contribution in [0.1, 0.15) is 24.8 Å². The fraction of sp³-hybridized carbons (Fsp3) is 0.286. The summed E-state index contributed by atoms with van der Waals surface area (Å²) in [7, 11) is 1.28. The van der Waals surface area contributed by atoms with Gasteiger partial charge in [-0.15, -0.1) is 0 Å². The quantitative estimate of drug-likeness (QED) is 0.649. The number of hydrogen-bond acceptors (Lipinski definition) is 4. The Morgan fingerprint density at radius 2 is 1.93 bits per heavy atom. The average Bonchev–Trinajstić information content (AvgIpc) is 3.17. The van der Waals surface area contributed by atoms with Crippen molar-refractivity contribution >= 4 is 34.7 Å². The molecule has 140 valence electrons. The lowest BCUT2D eigenvalue weighted by molar-refractivity contribution is -0.150. The first-order chi connectivity index (χ1) is 13.0. The molecule has 1 fully saturated rings. The number of hydrogen-bond donors (Lipinski definition) is 1. The van der Waals surface area contributed by atoms with Crippen LogP contribution in [0, 0.1) is 0 Å². The van der Waals surface area contributed by atoms with Crippen molar-refractivity contribution in [2.45, 2.75) is 25.3 Å². The van der Waals surface area contributed by atoms with Gasteiger partial charge in [0.05, 0.1) is 13.5 Å². The van der Waals surface area contributed by atoms with Crippen LogP contribution in [-0.2, 0) is 19.1 Å². The Balaban J connectivity index is 1.88. The number of ether oxygens (including phenoxy) is 1. The van der Waals surface area contributed by atoms with E-state index in [4.69, 9.17) is 4.74 Å². The van der Waals surface area contributed by atoms with Crippen molar-refractivity contribution in [2.75, 3.05) is 13.7 Å². The molecule has 0 radical (unpaired) electrons. The monoisotopic (exact) mass is 367 g/mol. The first-order valence-electron chi connectivity index (χ1n) is 8.80. The van der Waals surface area contributed by atoms with Crippen LogP contribution in [0.15, 0.2) is 48.0 Å². The van der Waals surface area contributed by atoms with Gasteiger partial charge in [-0.1, -0.05) is 42.5 Å². The lowest BCUT2D eigenvalue weighted by atomic mass is 10.0. The van der Waals surface area contributed by atoms with Gasteiger partial charge in [0.25, 0.3) is 0 Å². The van der Waals surface area contributed by atoms with Crippen LogP contribution in [0.2, 0.25) is 0 Å². The minimum absolute atomic E-state index is 0.00753. The SMILES string of the molecule is COC(=O)[C@@H]1CCCN1C(=O)C/C(=C/c1cccc2ccccc12)C(=O)O. The number of carboxylic acid groups (broad SMARTS) is 1. The molecule has 27 heavy (non-hydrogen) atoms. The van der Waals surface area contributed by atoms with E-state index < -0.39 is 18.0 Å². The van der Waals surface area contributed by atoms with E-state index >= 15 is 0 Å². The number of likely N-dealkylation sites (tertiary alicyclic amines) is 1. The van der Waals surface area contributed by atoms with Crippen LogP contribution in [0.5, 0.6) is 0 Å². The van der Waals surface area contributed by atoms with Gasteiger partial charge in [-0.2, -0.15) is 0 Å². The Bertz CT molecular complexity index is 912. The minimum Gasteiger partial charge on any atom is -0.478 e. The molecule has 6 heteroatoms. The van der Waals surface area contributed by atoms with Gasteiger partial charge in [0.1, 0.15) is 6.04 Å². The Labute approximate surface area is 157 Å². The molecular formula is C21H21NO5. The summed E-state index contributed by atoms with van der Waals surface area (Å²) in [6, 6.07) is 12.7. The molecule has 1 heterocycles. The van der Waals surface area contributed by atoms with Crippen molar-refractivity contribution < 1.29 is 24.2 Å². The minimum atomic E-state index is -1.15. The van der Waals surface area contributed by atoms with E-state index in [0.717, 1.165) is 16.3 Å². The molecule has 0 bridgehead atoms. The maximum absolute atomic E-state index is 12.7. The summed E-state index contributed by atoms with van der Waals surface area (Å²) >= 11 is 0. The van der Waals surface area contributed by atoms with Gasteiger partial charge in [0, 0.05) is 12.1 Å². The number of aliphatic carboxylic acids is 1. The average molecular weight is 367 g/mol. The predicted molar refractivity (Wildman–Crippen MR) is 101 cm³/mol. The zero-order valence-corrected chi connectivity index (χ0v) is 15.1. The third-order valence-corrected chi connectivity index (χ3v) is 4.82. The summed E-state index contributed by atoms with van der Waals surface area (Å²) in [4.78, 5) is 37.7. The van der Waals surface area contributed by atoms with Gasteiger partial charge < -0.3 is 14.7 Å². The first kappa shape index (κ1) is 18.6. The molecule has 1 N–H and O–H groups in total. The summed E-state index contributed by atoms with van der Waals surface area (Å²) in [5.41, 5.74) is 0.733. The second-order valence-corrected chi connectivity index (χ2v) is 6.49. The maximum Gasteiger partial charge on any atom is 0.332 e. The van der Waals surface area contributed by atoms with Gasteiger partial charge in [-0.05, 0) is 35.3 Å². The van der Waals surface area contributed by atoms with Gasteiger partial charge in [-0.3, -0.25) is 4.79 Å². The van der Waals surface area contributed by atoms with Gasteiger partial charge >= 0.3 is 11.9 Å². The summed E-state index contributed by atoms with van der Waals surface area (Å²) in [6.45, 7) is 0.430. The fourth-order valence-electron chi connectivity index (χ4n) is 3.46. The van der Waals surface area contributed by atoms with Crippen LogP contribution >= 0.6 is 0 Å². The highest BCUT2D eigenvalue weighted by atomic mass is 16.5. The molecule has 1 aliphatic rings. The van der Waals surface area contributed by atoms with Crippen molar-refractivity contribution in [3.63, 3.8) is 0 Å². The van der Waals surface area contributed by atoms with Crippen LogP contribution in [0.3, 0.4) is 0 Å². The number of methoxy groups -OCH3 is 1. The fourth-order valence-corrected chi connectivity index (χ4v) is 3.46. The van der Waals surface area contributed by atoms with Crippen molar-refractivity contribution in [1.29, 1.82) is 0 Å². The number of fused-ring (bicyclic) bond motifs is 1. The molecule has 2 aromatic carbocycles. The van der Waals surface area contributed by atoms with E-state index in [-0.39, 0.29) is 17.9 Å². The third kappa shape index (κ3) is 4.00. The topological polar surface area (TPSA) is 83.9 Å². The predicted octanol–water partition coefficient (Wildman–Crippen LogP) is 2.86. The molecule has 1 amide bonds. The Morgan fingerprint density at radius 1 is 1.19 bits per heavy atom. The van der Waals surface area contributed by atoms with Gasteiger partial charge in [0.2, 0.25) is 5.91 Å². The van der Waals surface area contributed by atoms with Crippen molar-refractivity contribution in [2.24, 2.45) is 0 Å². The molecule has 1 atom stereocenters. The Hall–Kier alpha value is -3.15. The highest BCUT2D eigenvalue weighted by molar-refractivity contribution is 6.01. The smallest absolute Gasteiger partial charge is 0.332 e. The highest BCUT2D eigenvalue weighted by Gasteiger charge is 2.35. The van der Waals surface area contributed by atoms with E-state index in [1.165, 1.54) is 18.1 Å². The van der Waals surface area contributed by atoms with Crippen LogP contribution in [-0.4, -0.2) is 47.5 Å². The summed E-state index contributed by atoms with van der Waals surface area (Å²) in [5.74, 6) is -1.99. The molecule has 0 aliphatic carbocycles. The lowest BCUT2D eigenvalue weighted by Gasteiger charge is -2.22. The number of rotatable bonds is 5. The van der Waals surface area contributed by atoms with Gasteiger partial charge in [-0.25, -0.2) is 9.59 Å². The van der Waals surface area contributed by atoms with Crippen molar-refractivity contribution in [1.82, 2.24) is 4.90 Å². The van der Waals surface area contributed by atoms with E-state index in [0.29, 0.717) is 19.4 Å². The first-order valence-corrected chi connectivity index (χ1v) is 8.80. The van der Waals surface area contributed by atoms with Crippen molar-refractivity contribution in [3.05, 3.63) is 53.6 Å². The number of carbonyl (C=O) groups excluding carboxylic acids is 2. The number of esters is 1. The molecule has 0 unspecified atom stereocenters. The molecule has 1 aliphatic heterocycles. The Morgan fingerprint density at radius 3 is 2.67 bits per heavy atom. The molecule has 3 rings (SSSR count). The molecule has 0 spiro atoms. The zero-order chi connectivity index (χ0) is 19.4. The number of carbonyl (C=O) groups is 3. The number of benzene rings is 2. The zero-order valence-electron chi connectivity index (χ0n) is 15.1. The maximum atomic E-state index is 12.7. The number of amides is 1. The second-order valence-electron chi connectivity index (χ2n) is 6.49. The lowest BCUT2D eigenvalue weighted by Crippen LogP contribution is -2.41. The number of nitrogens with zero attached hydrogens (tertiary/aromatic N) is 1. The van der Waals surface area contributed by atoms with Crippen molar-refractivity contribution in [3.8, 4) is 0 Å². The molecule has 0 aromatic heterocycles. The summed E-state index contributed by atoms with van der Waals surface area (Å²) < 4.78 is 4.75. The summed E-state index contributed by atoms with van der Waals surface area (Å²) in [6.07, 6.45) is 2.49. The van der Waals surface area contributed by atoms with E-state index in [1.54, 1.807) is 0 Å². The standard InChI is InChI=1S/C21H21NO5/c1-27-21(26)18-10-5-11-22(18)19(23)13-16(20(24)25)12-15-8-4-7-14-6-2-3-9-17(14)15/h2-4,6-9,12,18H,5,10-11,13H2,1H3,(H,24,25)/b16-12-/t18-/m0/s1. The summed E-state index contributed by atoms with van der Waals surface area (Å²) in [5, 5.41) is 11.5. The molecular weight excluding hydrogens is 346 g/mol. The van der Waals surface area contributed by atoms with Crippen LogP contribution < -0.4 is 0 Å². The molecule has 1 saturated heterocycles. The largest absolute Gasteiger partial charge is 0.478 e. The van der Waals surface area contributed by atoms with E-state index in [2.05, 4.69) is 0 Å². The van der Waals surface area contributed by atoms with Crippen LogP contribution in [0.4, 0.5) is 0 Å². The van der Waals surface area contributed by atoms with E-state index in [9.17, 15) is 19.5 Å². The number of carboxylic acids is 1. The molecule has 2 aromatic rings. The van der Waals surface area contributed by atoms with E-state index in [1.807, 2.05) is 42.5 Å². The molecule has 6 nitrogen and oxygen atoms in total. The van der Waals surface area contributed by atoms with Crippen LogP contribution in [0.25, 0.3) is 16.8 Å². The molecule has 0 saturated carbocycles. The highest BCUT2D eigenvalue weighted by Crippen LogP contribution is 2.24. The second kappa shape index (κ2) is 8.03.